The molecule has 0 amide bonds. The van der Waals surface area contributed by atoms with E-state index in [1.54, 1.807) is 12.1 Å². The van der Waals surface area contributed by atoms with E-state index in [-0.39, 0.29) is 11.5 Å². The Bertz CT molecular complexity index is 253. The number of carbonyl (C=O) groups excluding carboxylic acids is 1. The van der Waals surface area contributed by atoms with E-state index in [4.69, 9.17) is 5.11 Å². The highest BCUT2D eigenvalue weighted by Crippen LogP contribution is 2.10. The molecule has 0 aliphatic rings. The van der Waals surface area contributed by atoms with E-state index in [0.29, 0.717) is 9.99 Å². The molecule has 0 bridgehead atoms. The Balaban J connectivity index is 2.90. The van der Waals surface area contributed by atoms with Crippen molar-refractivity contribution in [2.24, 2.45) is 0 Å². The molecule has 0 saturated carbocycles. The zero-order valence-corrected chi connectivity index (χ0v) is 7.91. The molecule has 0 aliphatic heterocycles. The lowest BCUT2D eigenvalue weighted by atomic mass is 10.1. The third kappa shape index (κ3) is 2.18. The van der Waals surface area contributed by atoms with Crippen molar-refractivity contribution in [2.75, 3.05) is 4.43 Å². The second kappa shape index (κ2) is 3.71. The summed E-state index contributed by atoms with van der Waals surface area (Å²) in [5.74, 6) is 0.278. The summed E-state index contributed by atoms with van der Waals surface area (Å²) in [7, 11) is 0. The molecule has 1 N–H and O–H groups in total. The predicted octanol–water partition coefficient (Wildman–Crippen LogP) is 2.01. The third-order valence-corrected chi connectivity index (χ3v) is 2.00. The molecule has 0 aliphatic carbocycles. The molecule has 0 atom stereocenters. The second-order valence-corrected chi connectivity index (χ2v) is 2.87. The number of phenolic OH excluding ortho intramolecular Hbond substituents is 1. The van der Waals surface area contributed by atoms with E-state index in [2.05, 4.69) is 0 Å². The van der Waals surface area contributed by atoms with Gasteiger partial charge in [0.15, 0.2) is 5.78 Å². The molecule has 1 aromatic carbocycles. The van der Waals surface area contributed by atoms with Crippen molar-refractivity contribution in [2.45, 2.75) is 0 Å². The summed E-state index contributed by atoms with van der Waals surface area (Å²) in [6, 6.07) is 6.27. The van der Waals surface area contributed by atoms with Crippen LogP contribution in [0.4, 0.5) is 0 Å². The van der Waals surface area contributed by atoms with Gasteiger partial charge in [0.2, 0.25) is 0 Å². The van der Waals surface area contributed by atoms with Crippen LogP contribution in [0.1, 0.15) is 10.4 Å². The molecule has 3 heteroatoms. The Labute approximate surface area is 78.4 Å². The number of hydrogen-bond donors (Lipinski definition) is 1. The van der Waals surface area contributed by atoms with Gasteiger partial charge in [-0.25, -0.2) is 0 Å². The maximum Gasteiger partial charge on any atom is 0.172 e. The van der Waals surface area contributed by atoms with Gasteiger partial charge < -0.3 is 5.11 Å². The number of Topliss-reactive ketones (excluding diaryl/α,β-unsaturated/α-hetero) is 1. The molecular formula is C8H7IO2. The summed E-state index contributed by atoms with van der Waals surface area (Å²) in [6.45, 7) is 0. The summed E-state index contributed by atoms with van der Waals surface area (Å²) in [4.78, 5) is 11.0. The van der Waals surface area contributed by atoms with Gasteiger partial charge in [-0.05, 0) is 24.3 Å². The van der Waals surface area contributed by atoms with Crippen LogP contribution in [-0.2, 0) is 0 Å². The lowest BCUT2D eigenvalue weighted by molar-refractivity contribution is 0.102. The minimum atomic E-state index is 0.0885. The van der Waals surface area contributed by atoms with Crippen LogP contribution >= 0.6 is 22.6 Å². The van der Waals surface area contributed by atoms with Gasteiger partial charge in [0.1, 0.15) is 5.75 Å². The molecule has 11 heavy (non-hydrogen) atoms. The quantitative estimate of drug-likeness (QED) is 0.503. The van der Waals surface area contributed by atoms with E-state index < -0.39 is 0 Å². The van der Waals surface area contributed by atoms with Crippen LogP contribution in [0.2, 0.25) is 0 Å². The van der Waals surface area contributed by atoms with E-state index >= 15 is 0 Å². The van der Waals surface area contributed by atoms with Gasteiger partial charge in [0.25, 0.3) is 0 Å². The van der Waals surface area contributed by atoms with E-state index in [1.165, 1.54) is 12.1 Å². The van der Waals surface area contributed by atoms with Crippen LogP contribution in [0.3, 0.4) is 0 Å². The first-order chi connectivity index (χ1) is 5.24. The zero-order valence-electron chi connectivity index (χ0n) is 5.75. The molecular weight excluding hydrogens is 255 g/mol. The van der Waals surface area contributed by atoms with E-state index in [1.807, 2.05) is 22.6 Å². The van der Waals surface area contributed by atoms with Crippen molar-refractivity contribution in [3.8, 4) is 5.75 Å². The first kappa shape index (κ1) is 8.52. The molecule has 58 valence electrons. The molecule has 0 aromatic heterocycles. The second-order valence-electron chi connectivity index (χ2n) is 2.10. The lowest BCUT2D eigenvalue weighted by Gasteiger charge is -1.95. The Morgan fingerprint density at radius 3 is 2.36 bits per heavy atom. The fourth-order valence-corrected chi connectivity index (χ4v) is 1.16. The number of halogens is 1. The monoisotopic (exact) mass is 262 g/mol. The summed E-state index contributed by atoms with van der Waals surface area (Å²) in [5, 5.41) is 8.90. The van der Waals surface area contributed by atoms with Gasteiger partial charge in [-0.15, -0.1) is 0 Å². The van der Waals surface area contributed by atoms with E-state index in [0.717, 1.165) is 0 Å². The van der Waals surface area contributed by atoms with Crippen LogP contribution in [0.25, 0.3) is 0 Å². The molecule has 0 heterocycles. The highest BCUT2D eigenvalue weighted by Gasteiger charge is 2.01. The van der Waals surface area contributed by atoms with Crippen molar-refractivity contribution in [1.82, 2.24) is 0 Å². The molecule has 1 rings (SSSR count). The average Bonchev–Trinajstić information content (AvgIpc) is 2.05. The SMILES string of the molecule is O=C(CI)c1ccc(O)cc1. The standard InChI is InChI=1S/C8H7IO2/c9-5-8(11)6-1-3-7(10)4-2-6/h1-4,10H,5H2. The molecule has 0 saturated heterocycles. The van der Waals surface area contributed by atoms with Crippen molar-refractivity contribution >= 4 is 28.4 Å². The van der Waals surface area contributed by atoms with Crippen LogP contribution in [0, 0.1) is 0 Å². The van der Waals surface area contributed by atoms with Crippen molar-refractivity contribution in [3.63, 3.8) is 0 Å². The summed E-state index contributed by atoms with van der Waals surface area (Å²) < 4.78 is 0.475. The minimum Gasteiger partial charge on any atom is -0.508 e. The molecule has 0 spiro atoms. The largest absolute Gasteiger partial charge is 0.508 e. The highest BCUT2D eigenvalue weighted by molar-refractivity contribution is 14.1. The first-order valence-corrected chi connectivity index (χ1v) is 4.65. The number of rotatable bonds is 2. The Morgan fingerprint density at radius 2 is 1.91 bits per heavy atom. The van der Waals surface area contributed by atoms with Crippen molar-refractivity contribution < 1.29 is 9.90 Å². The van der Waals surface area contributed by atoms with Crippen molar-refractivity contribution in [1.29, 1.82) is 0 Å². The number of hydrogen-bond acceptors (Lipinski definition) is 2. The van der Waals surface area contributed by atoms with Crippen LogP contribution in [-0.4, -0.2) is 15.3 Å². The number of phenols is 1. The fourth-order valence-electron chi connectivity index (χ4n) is 0.724. The maximum atomic E-state index is 11.0. The zero-order chi connectivity index (χ0) is 8.27. The molecule has 0 fully saturated rings. The number of ketones is 1. The number of aromatic hydroxyl groups is 1. The smallest absolute Gasteiger partial charge is 0.172 e. The molecule has 2 nitrogen and oxygen atoms in total. The van der Waals surface area contributed by atoms with Gasteiger partial charge >= 0.3 is 0 Å². The predicted molar refractivity (Wildman–Crippen MR) is 51.3 cm³/mol. The summed E-state index contributed by atoms with van der Waals surface area (Å²) >= 11 is 2.01. The molecule has 0 unspecified atom stereocenters. The Morgan fingerprint density at radius 1 is 1.36 bits per heavy atom. The average molecular weight is 262 g/mol. The third-order valence-electron chi connectivity index (χ3n) is 1.31. The maximum absolute atomic E-state index is 11.0. The van der Waals surface area contributed by atoms with Gasteiger partial charge in [-0.1, -0.05) is 22.6 Å². The van der Waals surface area contributed by atoms with Crippen LogP contribution in [0.5, 0.6) is 5.75 Å². The van der Waals surface area contributed by atoms with Crippen molar-refractivity contribution in [3.05, 3.63) is 29.8 Å². The summed E-state index contributed by atoms with van der Waals surface area (Å²) in [5.41, 5.74) is 0.650. The lowest BCUT2D eigenvalue weighted by Crippen LogP contribution is -1.98. The van der Waals surface area contributed by atoms with Gasteiger partial charge in [0.05, 0.1) is 4.43 Å². The minimum absolute atomic E-state index is 0.0885. The molecule has 0 radical (unpaired) electrons. The van der Waals surface area contributed by atoms with Gasteiger partial charge in [-0.3, -0.25) is 4.79 Å². The number of carbonyl (C=O) groups is 1. The fraction of sp³-hybridized carbons (Fsp3) is 0.125. The highest BCUT2D eigenvalue weighted by atomic mass is 127. The number of alkyl halides is 1. The first-order valence-electron chi connectivity index (χ1n) is 3.12. The molecule has 1 aromatic rings. The summed E-state index contributed by atoms with van der Waals surface area (Å²) in [6.07, 6.45) is 0. The van der Waals surface area contributed by atoms with Crippen LogP contribution < -0.4 is 0 Å². The topological polar surface area (TPSA) is 37.3 Å². The van der Waals surface area contributed by atoms with Crippen LogP contribution in [0.15, 0.2) is 24.3 Å². The Kier molecular flexibility index (Phi) is 2.87. The number of benzene rings is 1. The van der Waals surface area contributed by atoms with Gasteiger partial charge in [-0.2, -0.15) is 0 Å². The Hall–Kier alpha value is -0.580. The van der Waals surface area contributed by atoms with Gasteiger partial charge in [0, 0.05) is 5.56 Å². The van der Waals surface area contributed by atoms with E-state index in [9.17, 15) is 4.79 Å². The normalized spacial score (nSPS) is 9.55.